The highest BCUT2D eigenvalue weighted by molar-refractivity contribution is 7.99. The molecule has 29 heavy (non-hydrogen) atoms. The van der Waals surface area contributed by atoms with Gasteiger partial charge < -0.3 is 10.0 Å². The summed E-state index contributed by atoms with van der Waals surface area (Å²) >= 11 is 2.12. The predicted octanol–water partition coefficient (Wildman–Crippen LogP) is 5.68. The van der Waals surface area contributed by atoms with Gasteiger partial charge in [0.05, 0.1) is 6.10 Å². The maximum absolute atomic E-state index is 10.2. The molecule has 1 heterocycles. The van der Waals surface area contributed by atoms with Gasteiger partial charge in [-0.2, -0.15) is 11.8 Å². The molecule has 6 atom stereocenters. The Hall–Kier alpha value is -0.250. The lowest BCUT2D eigenvalue weighted by Gasteiger charge is -2.54. The molecule has 0 spiro atoms. The summed E-state index contributed by atoms with van der Waals surface area (Å²) in [6.07, 6.45) is 12.4. The normalized spacial score (nSPS) is 44.0. The molecule has 1 saturated carbocycles. The van der Waals surface area contributed by atoms with E-state index in [-0.39, 0.29) is 6.10 Å². The summed E-state index contributed by atoms with van der Waals surface area (Å²) in [5.41, 5.74) is 6.11. The fourth-order valence-electron chi connectivity index (χ4n) is 8.05. The topological polar surface area (TPSA) is 23.5 Å². The molecule has 1 N–H and O–H groups in total. The third kappa shape index (κ3) is 3.38. The molecule has 5 aliphatic rings. The Morgan fingerprint density at radius 2 is 1.93 bits per heavy atom. The van der Waals surface area contributed by atoms with Crippen molar-refractivity contribution in [1.82, 2.24) is 4.90 Å². The van der Waals surface area contributed by atoms with Crippen molar-refractivity contribution in [2.75, 3.05) is 31.1 Å². The van der Waals surface area contributed by atoms with Crippen LogP contribution in [-0.2, 0) is 0 Å². The summed E-state index contributed by atoms with van der Waals surface area (Å²) in [4.78, 5) is 2.73. The van der Waals surface area contributed by atoms with Crippen molar-refractivity contribution in [1.29, 1.82) is 0 Å². The van der Waals surface area contributed by atoms with Gasteiger partial charge in [-0.15, -0.1) is 0 Å². The summed E-state index contributed by atoms with van der Waals surface area (Å²) in [5, 5.41) is 10.2. The van der Waals surface area contributed by atoms with Gasteiger partial charge in [-0.05, 0) is 91.1 Å². The van der Waals surface area contributed by atoms with Crippen LogP contribution >= 0.6 is 11.8 Å². The number of hydrogen-bond donors (Lipinski definition) is 1. The summed E-state index contributed by atoms with van der Waals surface area (Å²) in [5.74, 6) is 4.96. The van der Waals surface area contributed by atoms with Gasteiger partial charge in [-0.25, -0.2) is 0 Å². The van der Waals surface area contributed by atoms with E-state index in [0.717, 1.165) is 24.7 Å². The maximum Gasteiger partial charge on any atom is 0.0543 e. The second-order valence-electron chi connectivity index (χ2n) is 11.3. The second kappa shape index (κ2) is 7.71. The molecule has 0 radical (unpaired) electrons. The van der Waals surface area contributed by atoms with Crippen LogP contribution in [0.2, 0.25) is 0 Å². The lowest BCUT2D eigenvalue weighted by molar-refractivity contribution is 0.0222. The number of allylic oxidation sites excluding steroid dienone is 4. The van der Waals surface area contributed by atoms with Crippen molar-refractivity contribution >= 4 is 11.8 Å². The van der Waals surface area contributed by atoms with Crippen LogP contribution in [0.1, 0.15) is 72.1 Å². The molecule has 0 aromatic carbocycles. The summed E-state index contributed by atoms with van der Waals surface area (Å²) in [7, 11) is 0. The van der Waals surface area contributed by atoms with Gasteiger partial charge in [0.1, 0.15) is 0 Å². The third-order valence-electron chi connectivity index (χ3n) is 9.82. The molecule has 0 bridgehead atoms. The fraction of sp³-hybridized carbons (Fsp3) is 0.846. The van der Waals surface area contributed by atoms with E-state index in [1.54, 1.807) is 11.1 Å². The highest BCUT2D eigenvalue weighted by atomic mass is 32.2. The van der Waals surface area contributed by atoms with Crippen molar-refractivity contribution in [2.45, 2.75) is 78.2 Å². The molecular weight excluding hydrogens is 374 g/mol. The first-order valence-electron chi connectivity index (χ1n) is 12.3. The van der Waals surface area contributed by atoms with Gasteiger partial charge in [0, 0.05) is 31.1 Å². The molecule has 1 saturated heterocycles. The van der Waals surface area contributed by atoms with E-state index < -0.39 is 0 Å². The van der Waals surface area contributed by atoms with Crippen molar-refractivity contribution < 1.29 is 5.11 Å². The Bertz CT molecular complexity index is 707. The first kappa shape index (κ1) is 20.6. The minimum atomic E-state index is -0.0480. The molecule has 0 aromatic heterocycles. The van der Waals surface area contributed by atoms with Gasteiger partial charge in [0.25, 0.3) is 0 Å². The first-order chi connectivity index (χ1) is 13.9. The first-order valence-corrected chi connectivity index (χ1v) is 13.5. The van der Waals surface area contributed by atoms with Gasteiger partial charge in [0.15, 0.2) is 0 Å². The minimum Gasteiger partial charge on any atom is -0.393 e. The number of aliphatic hydroxyl groups is 1. The van der Waals surface area contributed by atoms with Crippen LogP contribution in [0.25, 0.3) is 0 Å². The molecule has 2 nitrogen and oxygen atoms in total. The molecule has 3 heteroatoms. The van der Waals surface area contributed by atoms with Crippen molar-refractivity contribution in [3.63, 3.8) is 0 Å². The van der Waals surface area contributed by atoms with Gasteiger partial charge in [-0.1, -0.05) is 32.4 Å². The monoisotopic (exact) mass is 415 g/mol. The Labute approximate surface area is 182 Å². The van der Waals surface area contributed by atoms with E-state index in [9.17, 15) is 5.11 Å². The highest BCUT2D eigenvalue weighted by Gasteiger charge is 2.53. The third-order valence-corrected chi connectivity index (χ3v) is 10.8. The lowest BCUT2D eigenvalue weighted by Crippen LogP contribution is -2.45. The number of thioether (sulfide) groups is 1. The van der Waals surface area contributed by atoms with Crippen LogP contribution in [0, 0.1) is 28.6 Å². The Morgan fingerprint density at radius 1 is 1.14 bits per heavy atom. The zero-order valence-electron chi connectivity index (χ0n) is 18.9. The Balaban J connectivity index is 1.37. The van der Waals surface area contributed by atoms with E-state index >= 15 is 0 Å². The van der Waals surface area contributed by atoms with Gasteiger partial charge in [-0.3, -0.25) is 0 Å². The van der Waals surface area contributed by atoms with Gasteiger partial charge in [0.2, 0.25) is 0 Å². The van der Waals surface area contributed by atoms with Crippen LogP contribution in [0.15, 0.2) is 22.8 Å². The largest absolute Gasteiger partial charge is 0.393 e. The minimum absolute atomic E-state index is 0.0480. The van der Waals surface area contributed by atoms with E-state index in [4.69, 9.17) is 0 Å². The molecule has 0 amide bonds. The fourth-order valence-corrected chi connectivity index (χ4v) is 9.03. The predicted molar refractivity (Wildman–Crippen MR) is 124 cm³/mol. The average molecular weight is 416 g/mol. The summed E-state index contributed by atoms with van der Waals surface area (Å²) in [6, 6.07) is 0. The van der Waals surface area contributed by atoms with E-state index in [1.165, 1.54) is 69.7 Å². The van der Waals surface area contributed by atoms with Crippen molar-refractivity contribution in [3.05, 3.63) is 22.8 Å². The smallest absolute Gasteiger partial charge is 0.0543 e. The number of hydrogen-bond acceptors (Lipinski definition) is 3. The maximum atomic E-state index is 10.2. The summed E-state index contributed by atoms with van der Waals surface area (Å²) < 4.78 is 0. The number of rotatable bonds is 3. The number of aliphatic hydroxyl groups excluding tert-OH is 1. The van der Waals surface area contributed by atoms with Crippen LogP contribution < -0.4 is 0 Å². The summed E-state index contributed by atoms with van der Waals surface area (Å²) in [6.45, 7) is 11.6. The number of nitrogens with zero attached hydrogens (tertiary/aromatic N) is 1. The standard InChI is InChI=1S/C26H41NOS/c1-18(17-27-12-14-29-15-13-27)22-6-7-23-21-5-4-19-16-20(28)8-10-25(19,2)24(21)9-11-26(22,23)3/h7,18-20,22,28H,4-6,8-17H2,1-3H3/t18-,19+,20+,22-,25+,26-/m1/s1. The molecule has 0 unspecified atom stereocenters. The SMILES string of the molecule is C[C@H](CN1CCSCC1)[C@H]1CC=C2C3=C(CC[C@@]21C)[C@@]1(C)CC[C@H](O)C[C@@H]1CC3. The lowest BCUT2D eigenvalue weighted by atomic mass is 9.51. The van der Waals surface area contributed by atoms with E-state index in [1.807, 2.05) is 5.57 Å². The Kier molecular flexibility index (Phi) is 5.49. The van der Waals surface area contributed by atoms with E-state index in [0.29, 0.717) is 16.7 Å². The zero-order valence-corrected chi connectivity index (χ0v) is 19.7. The van der Waals surface area contributed by atoms with Crippen molar-refractivity contribution in [2.24, 2.45) is 28.6 Å². The zero-order chi connectivity index (χ0) is 20.2. The van der Waals surface area contributed by atoms with Gasteiger partial charge >= 0.3 is 0 Å². The van der Waals surface area contributed by atoms with Crippen LogP contribution in [0.5, 0.6) is 0 Å². The molecule has 5 rings (SSSR count). The highest BCUT2D eigenvalue weighted by Crippen LogP contribution is 2.64. The van der Waals surface area contributed by atoms with Crippen LogP contribution in [0.3, 0.4) is 0 Å². The molecule has 4 aliphatic carbocycles. The van der Waals surface area contributed by atoms with E-state index in [2.05, 4.69) is 43.5 Å². The molecule has 162 valence electrons. The Morgan fingerprint density at radius 3 is 2.72 bits per heavy atom. The molecule has 2 fully saturated rings. The van der Waals surface area contributed by atoms with Crippen LogP contribution in [0.4, 0.5) is 0 Å². The van der Waals surface area contributed by atoms with Crippen molar-refractivity contribution in [3.8, 4) is 0 Å². The average Bonchev–Trinajstić information content (AvgIpc) is 3.06. The molecular formula is C26H41NOS. The molecule has 1 aliphatic heterocycles. The molecule has 0 aromatic rings. The number of fused-ring (bicyclic) bond motifs is 4. The second-order valence-corrected chi connectivity index (χ2v) is 12.5. The van der Waals surface area contributed by atoms with Crippen LogP contribution in [-0.4, -0.2) is 47.3 Å². The quantitative estimate of drug-likeness (QED) is 0.642.